The molecule has 1 N–H and O–H groups in total. The van der Waals surface area contributed by atoms with E-state index in [1.807, 2.05) is 0 Å². The van der Waals surface area contributed by atoms with Gasteiger partial charge in [0.25, 0.3) is 5.91 Å². The van der Waals surface area contributed by atoms with E-state index in [0.717, 1.165) is 0 Å². The van der Waals surface area contributed by atoms with Gasteiger partial charge in [0.05, 0.1) is 0 Å². The van der Waals surface area contributed by atoms with E-state index in [2.05, 4.69) is 31.6 Å². The summed E-state index contributed by atoms with van der Waals surface area (Å²) < 4.78 is 0. The number of likely N-dealkylation sites (N-methyl/N-ethyl adjacent to an activating group) is 1. The van der Waals surface area contributed by atoms with E-state index in [9.17, 15) is 4.79 Å². The van der Waals surface area contributed by atoms with E-state index in [4.69, 9.17) is 0 Å². The number of nitrogens with one attached hydrogen (secondary N) is 1. The van der Waals surface area contributed by atoms with Gasteiger partial charge in [-0.3, -0.25) is 4.79 Å². The number of hydrogen-bond donors (Lipinski definition) is 1. The molecule has 0 bridgehead atoms. The molecule has 0 radical (unpaired) electrons. The summed E-state index contributed by atoms with van der Waals surface area (Å²) in [6.07, 6.45) is 4.64. The van der Waals surface area contributed by atoms with Gasteiger partial charge in [0.15, 0.2) is 0 Å². The molecule has 0 spiro atoms. The fourth-order valence-corrected chi connectivity index (χ4v) is 0.508. The van der Waals surface area contributed by atoms with Crippen LogP contribution in [0.5, 0.6) is 0 Å². The third-order valence-corrected chi connectivity index (χ3v) is 1.01. The minimum Gasteiger partial charge on any atom is -0.355 e. The number of hydrogen-bond acceptors (Lipinski definition) is 1. The van der Waals surface area contributed by atoms with Crippen molar-refractivity contribution in [2.24, 2.45) is 0 Å². The van der Waals surface area contributed by atoms with Gasteiger partial charge >= 0.3 is 0 Å². The largest absolute Gasteiger partial charge is 0.355 e. The number of rotatable bonds is 3. The molecule has 2 heteroatoms. The molecule has 12 heavy (non-hydrogen) atoms. The lowest BCUT2D eigenvalue weighted by Gasteiger charge is -1.96. The summed E-state index contributed by atoms with van der Waals surface area (Å²) in [4.78, 5) is 10.8. The molecule has 0 unspecified atom stereocenters. The molecular formula is C10H15NO. The Balaban J connectivity index is 0. The van der Waals surface area contributed by atoms with Gasteiger partial charge < -0.3 is 5.32 Å². The maximum absolute atomic E-state index is 10.8. The highest BCUT2D eigenvalue weighted by atomic mass is 16.1. The highest BCUT2D eigenvalue weighted by Crippen LogP contribution is 1.94. The summed E-state index contributed by atoms with van der Waals surface area (Å²) in [5, 5.41) is 2.47. The van der Waals surface area contributed by atoms with Crippen molar-refractivity contribution < 1.29 is 4.79 Å². The van der Waals surface area contributed by atoms with Crippen molar-refractivity contribution in [3.05, 3.63) is 50.1 Å². The third-order valence-electron chi connectivity index (χ3n) is 1.01. The Morgan fingerprint density at radius 2 is 1.83 bits per heavy atom. The molecule has 0 aliphatic rings. The zero-order chi connectivity index (χ0) is 9.98. The SMILES string of the molecule is C=C.C=C/C=C(\C=C)C(=O)NC. The third kappa shape index (κ3) is 5.23. The summed E-state index contributed by atoms with van der Waals surface area (Å²) in [6, 6.07) is 0. The lowest BCUT2D eigenvalue weighted by Crippen LogP contribution is -2.18. The molecule has 0 aliphatic carbocycles. The van der Waals surface area contributed by atoms with Crippen LogP contribution in [0.4, 0.5) is 0 Å². The predicted octanol–water partition coefficient (Wildman–Crippen LogP) is 1.83. The van der Waals surface area contributed by atoms with E-state index in [1.54, 1.807) is 19.2 Å². The van der Waals surface area contributed by atoms with Gasteiger partial charge in [-0.25, -0.2) is 0 Å². The minimum atomic E-state index is -0.144. The number of carbonyl (C=O) groups is 1. The van der Waals surface area contributed by atoms with Gasteiger partial charge in [-0.1, -0.05) is 31.4 Å². The van der Waals surface area contributed by atoms with Crippen molar-refractivity contribution in [3.8, 4) is 0 Å². The molecule has 0 aromatic carbocycles. The van der Waals surface area contributed by atoms with E-state index in [0.29, 0.717) is 5.57 Å². The van der Waals surface area contributed by atoms with E-state index < -0.39 is 0 Å². The van der Waals surface area contributed by atoms with Crippen LogP contribution in [-0.2, 0) is 4.79 Å². The quantitative estimate of drug-likeness (QED) is 0.386. The molecule has 2 nitrogen and oxygen atoms in total. The van der Waals surface area contributed by atoms with Gasteiger partial charge in [0.1, 0.15) is 0 Å². The summed E-state index contributed by atoms with van der Waals surface area (Å²) in [5.41, 5.74) is 0.525. The first-order valence-corrected chi connectivity index (χ1v) is 3.43. The van der Waals surface area contributed by atoms with Crippen LogP contribution in [0.2, 0.25) is 0 Å². The molecule has 0 fully saturated rings. The normalized spacial score (nSPS) is 8.92. The zero-order valence-electron chi connectivity index (χ0n) is 7.47. The molecule has 0 aromatic heterocycles. The second-order valence-electron chi connectivity index (χ2n) is 1.64. The Labute approximate surface area is 74.0 Å². The first-order valence-electron chi connectivity index (χ1n) is 3.43. The maximum Gasteiger partial charge on any atom is 0.250 e. The summed E-state index contributed by atoms with van der Waals surface area (Å²) in [5.74, 6) is -0.144. The van der Waals surface area contributed by atoms with Crippen LogP contribution >= 0.6 is 0 Å². The Kier molecular flexibility index (Phi) is 10.3. The molecule has 1 amide bonds. The lowest BCUT2D eigenvalue weighted by atomic mass is 10.2. The second kappa shape index (κ2) is 9.43. The zero-order valence-corrected chi connectivity index (χ0v) is 7.47. The molecule has 0 aromatic rings. The average Bonchev–Trinajstić information content (AvgIpc) is 2.16. The fourth-order valence-electron chi connectivity index (χ4n) is 0.508. The Morgan fingerprint density at radius 3 is 2.08 bits per heavy atom. The Morgan fingerprint density at radius 1 is 1.33 bits per heavy atom. The molecule has 0 heterocycles. The van der Waals surface area contributed by atoms with Crippen LogP contribution in [0.25, 0.3) is 0 Å². The van der Waals surface area contributed by atoms with Gasteiger partial charge in [0.2, 0.25) is 0 Å². The first kappa shape index (κ1) is 13.1. The number of carbonyl (C=O) groups excluding carboxylic acids is 1. The van der Waals surface area contributed by atoms with Crippen molar-refractivity contribution in [2.45, 2.75) is 0 Å². The van der Waals surface area contributed by atoms with Crippen molar-refractivity contribution in [3.63, 3.8) is 0 Å². The van der Waals surface area contributed by atoms with Gasteiger partial charge in [-0.2, -0.15) is 0 Å². The molecule has 0 saturated heterocycles. The van der Waals surface area contributed by atoms with Crippen LogP contribution < -0.4 is 5.32 Å². The van der Waals surface area contributed by atoms with Crippen LogP contribution in [0.15, 0.2) is 50.1 Å². The summed E-state index contributed by atoms with van der Waals surface area (Å²) in [6.45, 7) is 12.9. The van der Waals surface area contributed by atoms with Crippen LogP contribution in [0.1, 0.15) is 0 Å². The molecule has 0 aliphatic heterocycles. The smallest absolute Gasteiger partial charge is 0.250 e. The van der Waals surface area contributed by atoms with Crippen molar-refractivity contribution in [1.82, 2.24) is 5.32 Å². The Hall–Kier alpha value is -1.57. The molecule has 0 saturated carbocycles. The predicted molar refractivity (Wildman–Crippen MR) is 53.8 cm³/mol. The van der Waals surface area contributed by atoms with Gasteiger partial charge in [-0.05, 0) is 0 Å². The van der Waals surface area contributed by atoms with Gasteiger partial charge in [0, 0.05) is 12.6 Å². The highest BCUT2D eigenvalue weighted by molar-refractivity contribution is 5.96. The molecule has 66 valence electrons. The van der Waals surface area contributed by atoms with Crippen LogP contribution in [0, 0.1) is 0 Å². The van der Waals surface area contributed by atoms with Gasteiger partial charge in [-0.15, -0.1) is 13.2 Å². The average molecular weight is 165 g/mol. The molecular weight excluding hydrogens is 150 g/mol. The number of allylic oxidation sites excluding steroid dienone is 2. The number of amides is 1. The van der Waals surface area contributed by atoms with Crippen LogP contribution in [-0.4, -0.2) is 13.0 Å². The first-order chi connectivity index (χ1) is 5.76. The standard InChI is InChI=1S/C8H11NO.C2H4/c1-4-6-7(5-2)8(10)9-3;1-2/h4-6H,1-2H2,3H3,(H,9,10);1-2H2/b7-6+;. The van der Waals surface area contributed by atoms with E-state index in [1.165, 1.54) is 6.08 Å². The van der Waals surface area contributed by atoms with Crippen molar-refractivity contribution >= 4 is 5.91 Å². The molecule has 0 atom stereocenters. The summed E-state index contributed by atoms with van der Waals surface area (Å²) >= 11 is 0. The van der Waals surface area contributed by atoms with Crippen molar-refractivity contribution in [2.75, 3.05) is 7.05 Å². The fraction of sp³-hybridized carbons (Fsp3) is 0.100. The molecule has 0 rings (SSSR count). The highest BCUT2D eigenvalue weighted by Gasteiger charge is 1.98. The van der Waals surface area contributed by atoms with Crippen LogP contribution in [0.3, 0.4) is 0 Å². The summed E-state index contributed by atoms with van der Waals surface area (Å²) in [7, 11) is 1.57. The van der Waals surface area contributed by atoms with E-state index in [-0.39, 0.29) is 5.91 Å². The maximum atomic E-state index is 10.8. The minimum absolute atomic E-state index is 0.144. The van der Waals surface area contributed by atoms with Crippen molar-refractivity contribution in [1.29, 1.82) is 0 Å². The Bertz CT molecular complexity index is 192. The second-order valence-corrected chi connectivity index (χ2v) is 1.64. The van der Waals surface area contributed by atoms with E-state index >= 15 is 0 Å². The topological polar surface area (TPSA) is 29.1 Å². The monoisotopic (exact) mass is 165 g/mol. The lowest BCUT2D eigenvalue weighted by molar-refractivity contribution is -0.116.